The van der Waals surface area contributed by atoms with Crippen LogP contribution in [0.4, 0.5) is 0 Å². The van der Waals surface area contributed by atoms with Crippen LogP contribution in [-0.2, 0) is 4.79 Å². The van der Waals surface area contributed by atoms with Gasteiger partial charge in [0, 0.05) is 0 Å². The van der Waals surface area contributed by atoms with Crippen molar-refractivity contribution in [3.05, 3.63) is 0 Å². The van der Waals surface area contributed by atoms with Crippen molar-refractivity contribution >= 4 is 20.9 Å². The van der Waals surface area contributed by atoms with Gasteiger partial charge in [0.05, 0.1) is 0 Å². The van der Waals surface area contributed by atoms with Crippen LogP contribution in [0.25, 0.3) is 0 Å². The van der Waals surface area contributed by atoms with E-state index in [0.717, 1.165) is 5.32 Å². The Morgan fingerprint density at radius 1 is 0.952 bits per heavy atom. The molecule has 21 heavy (non-hydrogen) atoms. The van der Waals surface area contributed by atoms with Gasteiger partial charge in [-0.25, -0.2) is 0 Å². The van der Waals surface area contributed by atoms with Gasteiger partial charge in [-0.3, -0.25) is 0 Å². The molecule has 1 fully saturated rings. The number of carbonyl (C=O) groups is 1. The summed E-state index contributed by atoms with van der Waals surface area (Å²) in [6.45, 7) is 0. The molecule has 0 spiro atoms. The Hall–Kier alpha value is -0.291. The molecular formula is C11H23NO8Se. The van der Waals surface area contributed by atoms with Crippen LogP contribution in [0.1, 0.15) is 6.42 Å². The van der Waals surface area contributed by atoms with E-state index in [-0.39, 0.29) is 0 Å². The van der Waals surface area contributed by atoms with Gasteiger partial charge in [-0.1, -0.05) is 0 Å². The zero-order valence-corrected chi connectivity index (χ0v) is 13.2. The molecule has 1 atom stereocenters. The van der Waals surface area contributed by atoms with Gasteiger partial charge in [0.1, 0.15) is 36.6 Å². The molecule has 0 aromatic heterocycles. The van der Waals surface area contributed by atoms with E-state index in [1.807, 2.05) is 0 Å². The van der Waals surface area contributed by atoms with Gasteiger partial charge in [0.2, 0.25) is 0 Å². The van der Waals surface area contributed by atoms with Gasteiger partial charge in [-0.15, -0.1) is 0 Å². The summed E-state index contributed by atoms with van der Waals surface area (Å²) in [6, 6.07) is -0.646. The fourth-order valence-electron chi connectivity index (χ4n) is 1.58. The van der Waals surface area contributed by atoms with Crippen molar-refractivity contribution in [1.82, 2.24) is 0 Å². The number of aliphatic hydroxyl groups excluding tert-OH is 6. The molecule has 0 amide bonds. The third kappa shape index (κ3) is 6.15. The minimum atomic E-state index is -1.64. The standard InChI is InChI=1S/C6H12O6.C5H11NO2Se/c7-1-2(8)4(10)6(12)5(11)3(1)9;1-9-3-2-4(6)5(7)8/h1-12H;4H,2-3,6H2,1H3,(H,7,8). The molecule has 1 aliphatic rings. The van der Waals surface area contributed by atoms with Crippen LogP contribution in [-0.4, -0.2) is 99.3 Å². The van der Waals surface area contributed by atoms with E-state index in [0.29, 0.717) is 21.4 Å². The minimum Gasteiger partial charge on any atom is -0.387 e. The van der Waals surface area contributed by atoms with Crippen LogP contribution in [0.2, 0.25) is 11.1 Å². The Morgan fingerprint density at radius 2 is 1.24 bits per heavy atom. The third-order valence-corrected chi connectivity index (χ3v) is 4.40. The van der Waals surface area contributed by atoms with E-state index in [9.17, 15) is 4.79 Å². The molecule has 0 bridgehead atoms. The molecule has 0 radical (unpaired) electrons. The zero-order valence-electron chi connectivity index (χ0n) is 11.5. The summed E-state index contributed by atoms with van der Waals surface area (Å²) in [6.07, 6.45) is -9.23. The Bertz CT molecular complexity index is 262. The molecule has 9 nitrogen and oxygen atoms in total. The monoisotopic (exact) mass is 377 g/mol. The summed E-state index contributed by atoms with van der Waals surface area (Å²) in [5.41, 5.74) is 5.21. The van der Waals surface area contributed by atoms with Gasteiger partial charge < -0.3 is 30.6 Å². The maximum atomic E-state index is 10.1. The van der Waals surface area contributed by atoms with Crippen molar-refractivity contribution in [2.75, 3.05) is 0 Å². The maximum absolute atomic E-state index is 10.1. The number of hydrogen-bond donors (Lipinski definition) is 8. The van der Waals surface area contributed by atoms with Crippen molar-refractivity contribution in [3.63, 3.8) is 0 Å². The van der Waals surface area contributed by atoms with Crippen molar-refractivity contribution in [2.45, 2.75) is 60.2 Å². The van der Waals surface area contributed by atoms with Crippen molar-refractivity contribution < 1.29 is 40.5 Å². The van der Waals surface area contributed by atoms with Crippen molar-refractivity contribution in [1.29, 1.82) is 0 Å². The second-order valence-corrected chi connectivity index (χ2v) is 6.74. The van der Waals surface area contributed by atoms with Crippen LogP contribution >= 0.6 is 0 Å². The minimum absolute atomic E-state index is 0.549. The normalized spacial score (nSPS) is 37.3. The quantitative estimate of drug-likeness (QED) is 0.227. The molecule has 1 aliphatic carbocycles. The molecule has 1 unspecified atom stereocenters. The SMILES string of the molecule is C[Se]CCC(N)C(=O)O.OC1C(O)C(O)C(O)C(O)C1O. The molecule has 0 heterocycles. The topological polar surface area (TPSA) is 185 Å². The van der Waals surface area contributed by atoms with Crippen LogP contribution in [0, 0.1) is 0 Å². The van der Waals surface area contributed by atoms with Crippen molar-refractivity contribution in [2.24, 2.45) is 5.73 Å². The molecular weight excluding hydrogens is 353 g/mol. The van der Waals surface area contributed by atoms with Crippen LogP contribution in [0.15, 0.2) is 0 Å². The Kier molecular flexibility index (Phi) is 9.54. The molecule has 1 rings (SSSR count). The van der Waals surface area contributed by atoms with Crippen LogP contribution in [0.5, 0.6) is 0 Å². The fourth-order valence-corrected chi connectivity index (χ4v) is 2.61. The molecule has 9 N–H and O–H groups in total. The first-order valence-corrected chi connectivity index (χ1v) is 9.13. The third-order valence-electron chi connectivity index (χ3n) is 3.05. The predicted octanol–water partition coefficient (Wildman–Crippen LogP) is -3.88. The van der Waals surface area contributed by atoms with Gasteiger partial charge in [-0.05, 0) is 0 Å². The summed E-state index contributed by atoms with van der Waals surface area (Å²) < 4.78 is 0. The van der Waals surface area contributed by atoms with Gasteiger partial charge in [0.15, 0.2) is 0 Å². The van der Waals surface area contributed by atoms with E-state index in [4.69, 9.17) is 41.5 Å². The number of rotatable bonds is 4. The van der Waals surface area contributed by atoms with Gasteiger partial charge in [0.25, 0.3) is 0 Å². The van der Waals surface area contributed by atoms with E-state index < -0.39 is 48.6 Å². The molecule has 0 aromatic carbocycles. The Balaban J connectivity index is 0.000000400. The smallest absolute Gasteiger partial charge is 0.111 e. The Morgan fingerprint density at radius 3 is 1.43 bits per heavy atom. The average molecular weight is 376 g/mol. The summed E-state index contributed by atoms with van der Waals surface area (Å²) in [7, 11) is 0. The van der Waals surface area contributed by atoms with E-state index in [2.05, 4.69) is 5.82 Å². The first kappa shape index (κ1) is 20.7. The van der Waals surface area contributed by atoms with Crippen LogP contribution in [0.3, 0.4) is 0 Å². The first-order chi connectivity index (χ1) is 9.64. The summed E-state index contributed by atoms with van der Waals surface area (Å²) in [5.74, 6) is 1.18. The molecule has 0 saturated heterocycles. The number of aliphatic carboxylic acids is 1. The first-order valence-electron chi connectivity index (χ1n) is 6.20. The number of nitrogens with two attached hydrogens (primary N) is 1. The number of hydrogen-bond acceptors (Lipinski definition) is 8. The maximum Gasteiger partial charge on any atom is 0.111 e. The molecule has 126 valence electrons. The van der Waals surface area contributed by atoms with Gasteiger partial charge >= 0.3 is 60.2 Å². The van der Waals surface area contributed by atoms with Gasteiger partial charge in [-0.2, -0.15) is 0 Å². The van der Waals surface area contributed by atoms with E-state index in [1.165, 1.54) is 0 Å². The molecule has 10 heteroatoms. The average Bonchev–Trinajstić information content (AvgIpc) is 2.47. The summed E-state index contributed by atoms with van der Waals surface area (Å²) in [5, 5.41) is 63.1. The van der Waals surface area contributed by atoms with Crippen LogP contribution < -0.4 is 5.73 Å². The van der Waals surface area contributed by atoms with Crippen molar-refractivity contribution in [3.8, 4) is 0 Å². The van der Waals surface area contributed by atoms with E-state index >= 15 is 0 Å². The second kappa shape index (κ2) is 9.67. The number of carboxylic acids is 1. The number of aliphatic hydroxyl groups is 6. The summed E-state index contributed by atoms with van der Waals surface area (Å²) in [4.78, 5) is 10.1. The largest absolute Gasteiger partial charge is 0.387 e. The number of carboxylic acid groups (broad SMARTS) is 1. The molecule has 1 saturated carbocycles. The predicted molar refractivity (Wildman–Crippen MR) is 72.7 cm³/mol. The Labute approximate surface area is 128 Å². The second-order valence-electron chi connectivity index (χ2n) is 4.67. The molecule has 0 aliphatic heterocycles. The fraction of sp³-hybridized carbons (Fsp3) is 0.909. The molecule has 0 aromatic rings. The summed E-state index contributed by atoms with van der Waals surface area (Å²) >= 11 is 0.549. The van der Waals surface area contributed by atoms with E-state index in [1.54, 1.807) is 0 Å². The zero-order chi connectivity index (χ0) is 16.7.